The van der Waals surface area contributed by atoms with Crippen LogP contribution in [-0.2, 0) is 5.60 Å². The number of benzene rings is 1. The Balaban J connectivity index is 2.43. The summed E-state index contributed by atoms with van der Waals surface area (Å²) < 4.78 is 3.25. The normalized spacial score (nSPS) is 14.0. The summed E-state index contributed by atoms with van der Waals surface area (Å²) in [7, 11) is 0. The highest BCUT2D eigenvalue weighted by Crippen LogP contribution is 2.34. The molecule has 1 unspecified atom stereocenters. The van der Waals surface area contributed by atoms with Gasteiger partial charge in [0.2, 0.25) is 0 Å². The van der Waals surface area contributed by atoms with E-state index < -0.39 is 5.60 Å². The Morgan fingerprint density at radius 3 is 2.26 bits per heavy atom. The lowest BCUT2D eigenvalue weighted by Gasteiger charge is -2.28. The van der Waals surface area contributed by atoms with E-state index in [0.717, 1.165) is 35.0 Å². The molecule has 0 saturated heterocycles. The van der Waals surface area contributed by atoms with Crippen molar-refractivity contribution in [2.24, 2.45) is 0 Å². The molecule has 1 aromatic heterocycles. The Bertz CT molecular complexity index is 642. The van der Waals surface area contributed by atoms with E-state index in [2.05, 4.69) is 78.5 Å². The van der Waals surface area contributed by atoms with E-state index in [1.807, 2.05) is 0 Å². The number of nitrogens with zero attached hydrogens (tertiary/aromatic N) is 1. The van der Waals surface area contributed by atoms with Gasteiger partial charge in [-0.25, -0.2) is 0 Å². The number of hydrogen-bond acceptors (Lipinski definition) is 1. The Labute approximate surface area is 148 Å². The molecule has 0 bridgehead atoms. The van der Waals surface area contributed by atoms with Gasteiger partial charge in [-0.1, -0.05) is 49.0 Å². The minimum Gasteiger partial charge on any atom is -0.385 e. The minimum atomic E-state index is -0.747. The number of aryl methyl sites for hydroxylation is 2. The molecule has 0 spiro atoms. The first kappa shape index (κ1) is 18.3. The second-order valence-electron chi connectivity index (χ2n) is 6.49. The fraction of sp³-hybridized carbons (Fsp3) is 0.500. The van der Waals surface area contributed by atoms with Crippen molar-refractivity contribution in [1.29, 1.82) is 0 Å². The van der Waals surface area contributed by atoms with Crippen molar-refractivity contribution in [2.75, 3.05) is 0 Å². The Morgan fingerprint density at radius 1 is 1.04 bits per heavy atom. The zero-order valence-electron chi connectivity index (χ0n) is 14.7. The molecule has 1 atom stereocenters. The van der Waals surface area contributed by atoms with Gasteiger partial charge in [0.1, 0.15) is 0 Å². The molecule has 1 heterocycles. The molecule has 0 aliphatic carbocycles. The van der Waals surface area contributed by atoms with Crippen LogP contribution < -0.4 is 0 Å². The van der Waals surface area contributed by atoms with Crippen LogP contribution >= 0.6 is 15.9 Å². The Kier molecular flexibility index (Phi) is 6.10. The van der Waals surface area contributed by atoms with Crippen LogP contribution in [0.1, 0.15) is 62.9 Å². The first-order valence-corrected chi connectivity index (χ1v) is 9.39. The van der Waals surface area contributed by atoms with Crippen LogP contribution in [0.5, 0.6) is 0 Å². The predicted molar refractivity (Wildman–Crippen MR) is 101 cm³/mol. The average Bonchev–Trinajstić information content (AvgIpc) is 2.85. The van der Waals surface area contributed by atoms with Crippen LogP contribution in [0.15, 0.2) is 34.8 Å². The van der Waals surface area contributed by atoms with Gasteiger partial charge < -0.3 is 9.67 Å². The largest absolute Gasteiger partial charge is 0.385 e. The monoisotopic (exact) mass is 377 g/mol. The molecular weight excluding hydrogens is 350 g/mol. The smallest absolute Gasteiger partial charge is 0.0895 e. The van der Waals surface area contributed by atoms with Crippen molar-refractivity contribution in [3.63, 3.8) is 0 Å². The van der Waals surface area contributed by atoms with Crippen LogP contribution in [0, 0.1) is 13.8 Å². The highest BCUT2D eigenvalue weighted by atomic mass is 79.9. The van der Waals surface area contributed by atoms with E-state index >= 15 is 0 Å². The van der Waals surface area contributed by atoms with Crippen molar-refractivity contribution in [3.05, 3.63) is 51.8 Å². The summed E-state index contributed by atoms with van der Waals surface area (Å²) in [5, 5.41) is 11.2. The van der Waals surface area contributed by atoms with Crippen LogP contribution in [0.3, 0.4) is 0 Å². The van der Waals surface area contributed by atoms with Crippen molar-refractivity contribution < 1.29 is 5.11 Å². The summed E-state index contributed by atoms with van der Waals surface area (Å²) >= 11 is 3.63. The molecule has 2 aromatic rings. The van der Waals surface area contributed by atoms with Crippen molar-refractivity contribution >= 4 is 15.9 Å². The Hall–Kier alpha value is -1.06. The molecule has 0 fully saturated rings. The molecule has 2 rings (SSSR count). The molecule has 0 aliphatic rings. The predicted octanol–water partition coefficient (Wildman–Crippen LogP) is 6.03. The zero-order valence-corrected chi connectivity index (χ0v) is 16.3. The summed E-state index contributed by atoms with van der Waals surface area (Å²) in [6, 6.07) is 10.6. The molecule has 0 radical (unpaired) electrons. The van der Waals surface area contributed by atoms with E-state index in [4.69, 9.17) is 0 Å². The SMILES string of the molecule is CCCCCC(O)(CC)c1cc(Br)cc(-n2c(C)ccc2C)c1. The van der Waals surface area contributed by atoms with E-state index in [9.17, 15) is 5.11 Å². The van der Waals surface area contributed by atoms with E-state index in [1.54, 1.807) is 0 Å². The standard InChI is InChI=1S/C20H28BrNO/c1-5-7-8-11-20(23,6-2)17-12-18(21)14-19(13-17)22-15(3)9-10-16(22)4/h9-10,12-14,23H,5-8,11H2,1-4H3. The second-order valence-corrected chi connectivity index (χ2v) is 7.41. The number of hydrogen-bond donors (Lipinski definition) is 1. The first-order chi connectivity index (χ1) is 10.9. The number of halogens is 1. The molecule has 2 nitrogen and oxygen atoms in total. The van der Waals surface area contributed by atoms with Gasteiger partial charge in [0, 0.05) is 21.5 Å². The van der Waals surface area contributed by atoms with Gasteiger partial charge in [0.05, 0.1) is 5.60 Å². The maximum absolute atomic E-state index is 11.2. The summed E-state index contributed by atoms with van der Waals surface area (Å²) in [6.45, 7) is 8.49. The van der Waals surface area contributed by atoms with E-state index in [1.165, 1.54) is 24.2 Å². The third-order valence-electron chi connectivity index (χ3n) is 4.73. The van der Waals surface area contributed by atoms with Gasteiger partial charge in [-0.15, -0.1) is 0 Å². The Morgan fingerprint density at radius 2 is 1.70 bits per heavy atom. The topological polar surface area (TPSA) is 25.2 Å². The summed E-state index contributed by atoms with van der Waals surface area (Å²) in [5.41, 5.74) is 3.78. The quantitative estimate of drug-likeness (QED) is 0.584. The van der Waals surface area contributed by atoms with Crippen LogP contribution in [0.25, 0.3) is 5.69 Å². The molecule has 1 aromatic carbocycles. The number of unbranched alkanes of at least 4 members (excludes halogenated alkanes) is 2. The highest BCUT2D eigenvalue weighted by molar-refractivity contribution is 9.10. The lowest BCUT2D eigenvalue weighted by molar-refractivity contribution is 0.0207. The average molecular weight is 378 g/mol. The molecule has 3 heteroatoms. The lowest BCUT2D eigenvalue weighted by atomic mass is 9.86. The lowest BCUT2D eigenvalue weighted by Crippen LogP contribution is -2.25. The van der Waals surface area contributed by atoms with Crippen LogP contribution in [0.2, 0.25) is 0 Å². The molecule has 23 heavy (non-hydrogen) atoms. The zero-order chi connectivity index (χ0) is 17.0. The number of aromatic nitrogens is 1. The van der Waals surface area contributed by atoms with Crippen LogP contribution in [0.4, 0.5) is 0 Å². The maximum atomic E-state index is 11.2. The second kappa shape index (κ2) is 7.67. The third-order valence-corrected chi connectivity index (χ3v) is 5.19. The van der Waals surface area contributed by atoms with E-state index in [-0.39, 0.29) is 0 Å². The van der Waals surface area contributed by atoms with Gasteiger partial charge in [-0.05, 0) is 62.6 Å². The first-order valence-electron chi connectivity index (χ1n) is 8.60. The van der Waals surface area contributed by atoms with E-state index in [0.29, 0.717) is 0 Å². The van der Waals surface area contributed by atoms with Gasteiger partial charge in [0.25, 0.3) is 0 Å². The summed E-state index contributed by atoms with van der Waals surface area (Å²) in [5.74, 6) is 0. The highest BCUT2D eigenvalue weighted by Gasteiger charge is 2.27. The fourth-order valence-electron chi connectivity index (χ4n) is 3.24. The molecule has 0 amide bonds. The maximum Gasteiger partial charge on any atom is 0.0895 e. The minimum absolute atomic E-state index is 0.732. The summed E-state index contributed by atoms with van der Waals surface area (Å²) in [6.07, 6.45) is 4.95. The molecule has 0 aliphatic heterocycles. The molecule has 1 N–H and O–H groups in total. The van der Waals surface area contributed by atoms with Crippen molar-refractivity contribution in [1.82, 2.24) is 4.57 Å². The number of rotatable bonds is 7. The van der Waals surface area contributed by atoms with Gasteiger partial charge in [-0.3, -0.25) is 0 Å². The summed E-state index contributed by atoms with van der Waals surface area (Å²) in [4.78, 5) is 0. The van der Waals surface area contributed by atoms with Gasteiger partial charge >= 0.3 is 0 Å². The van der Waals surface area contributed by atoms with Gasteiger partial charge in [-0.2, -0.15) is 0 Å². The molecular formula is C20H28BrNO. The van der Waals surface area contributed by atoms with Crippen molar-refractivity contribution in [3.8, 4) is 5.69 Å². The molecule has 0 saturated carbocycles. The molecule has 126 valence electrons. The fourth-order valence-corrected chi connectivity index (χ4v) is 3.72. The third kappa shape index (κ3) is 4.07. The van der Waals surface area contributed by atoms with Crippen LogP contribution in [-0.4, -0.2) is 9.67 Å². The number of aliphatic hydroxyl groups is 1. The van der Waals surface area contributed by atoms with Gasteiger partial charge in [0.15, 0.2) is 0 Å². The van der Waals surface area contributed by atoms with Crippen molar-refractivity contribution in [2.45, 2.75) is 65.4 Å².